The van der Waals surface area contributed by atoms with Gasteiger partial charge >= 0.3 is 0 Å². The molecule has 162 valence electrons. The van der Waals surface area contributed by atoms with Crippen molar-refractivity contribution in [3.63, 3.8) is 0 Å². The van der Waals surface area contributed by atoms with Crippen LogP contribution in [0, 0.1) is 5.82 Å². The molecule has 3 aromatic rings. The van der Waals surface area contributed by atoms with E-state index in [0.29, 0.717) is 21.8 Å². The average Bonchev–Trinajstić information content (AvgIpc) is 3.00. The Labute approximate surface area is 190 Å². The monoisotopic (exact) mass is 449 g/mol. The number of nitrogens with one attached hydrogen (secondary N) is 1. The SMILES string of the molecule is CN(C)c1ccc(NC2=C(c3ccc(Cl)cc3)C(=O)N(Cc3ccc(F)cc3)C2=O)cc1. The molecule has 1 aliphatic heterocycles. The van der Waals surface area contributed by atoms with Crippen molar-refractivity contribution < 1.29 is 14.0 Å². The summed E-state index contributed by atoms with van der Waals surface area (Å²) in [6.45, 7) is 0.0415. The first-order valence-corrected chi connectivity index (χ1v) is 10.4. The Morgan fingerprint density at radius 2 is 1.50 bits per heavy atom. The lowest BCUT2D eigenvalue weighted by molar-refractivity contribution is -0.137. The van der Waals surface area contributed by atoms with E-state index in [1.807, 2.05) is 43.3 Å². The van der Waals surface area contributed by atoms with Crippen molar-refractivity contribution in [1.82, 2.24) is 4.90 Å². The number of amides is 2. The zero-order valence-corrected chi connectivity index (χ0v) is 18.4. The first-order valence-electron chi connectivity index (χ1n) is 9.99. The van der Waals surface area contributed by atoms with Crippen molar-refractivity contribution in [2.45, 2.75) is 6.54 Å². The third kappa shape index (κ3) is 4.36. The molecule has 0 aromatic heterocycles. The molecule has 0 spiro atoms. The molecule has 0 radical (unpaired) electrons. The second-order valence-electron chi connectivity index (χ2n) is 7.65. The fraction of sp³-hybridized carbons (Fsp3) is 0.120. The van der Waals surface area contributed by atoms with E-state index >= 15 is 0 Å². The largest absolute Gasteiger partial charge is 0.378 e. The molecule has 1 N–H and O–H groups in total. The molecule has 1 aliphatic rings. The predicted octanol–water partition coefficient (Wildman–Crippen LogP) is 4.94. The minimum atomic E-state index is -0.444. The quantitative estimate of drug-likeness (QED) is 0.542. The van der Waals surface area contributed by atoms with Crippen LogP contribution in [0.2, 0.25) is 5.02 Å². The first kappa shape index (κ1) is 21.6. The van der Waals surface area contributed by atoms with Crippen LogP contribution >= 0.6 is 11.6 Å². The number of hydrogen-bond donors (Lipinski definition) is 1. The summed E-state index contributed by atoms with van der Waals surface area (Å²) in [5, 5.41) is 3.66. The molecular weight excluding hydrogens is 429 g/mol. The summed E-state index contributed by atoms with van der Waals surface area (Å²) in [6.07, 6.45) is 0. The van der Waals surface area contributed by atoms with Crippen molar-refractivity contribution in [3.8, 4) is 0 Å². The van der Waals surface area contributed by atoms with Crippen molar-refractivity contribution in [2.24, 2.45) is 0 Å². The number of benzene rings is 3. The fourth-order valence-corrected chi connectivity index (χ4v) is 3.61. The summed E-state index contributed by atoms with van der Waals surface area (Å²) in [5.74, 6) is -1.24. The van der Waals surface area contributed by atoms with Crippen molar-refractivity contribution >= 4 is 40.4 Å². The highest BCUT2D eigenvalue weighted by atomic mass is 35.5. The molecule has 0 saturated heterocycles. The van der Waals surface area contributed by atoms with Gasteiger partial charge in [0.2, 0.25) is 0 Å². The Balaban J connectivity index is 1.70. The van der Waals surface area contributed by atoms with Gasteiger partial charge in [0, 0.05) is 30.5 Å². The summed E-state index contributed by atoms with van der Waals surface area (Å²) in [4.78, 5) is 29.7. The number of rotatable bonds is 6. The molecule has 0 unspecified atom stereocenters. The Hall–Kier alpha value is -3.64. The lowest BCUT2D eigenvalue weighted by Crippen LogP contribution is -2.32. The second kappa shape index (κ2) is 8.85. The Kier molecular flexibility index (Phi) is 5.97. The van der Waals surface area contributed by atoms with Gasteiger partial charge in [-0.25, -0.2) is 4.39 Å². The highest BCUT2D eigenvalue weighted by Crippen LogP contribution is 2.32. The van der Waals surface area contributed by atoms with E-state index in [4.69, 9.17) is 11.6 Å². The van der Waals surface area contributed by atoms with Crippen LogP contribution in [0.1, 0.15) is 11.1 Å². The van der Waals surface area contributed by atoms with E-state index in [2.05, 4.69) is 5.32 Å². The molecule has 1 heterocycles. The molecule has 0 aliphatic carbocycles. The summed E-state index contributed by atoms with van der Waals surface area (Å²) in [5.41, 5.74) is 3.39. The number of carbonyl (C=O) groups is 2. The van der Waals surface area contributed by atoms with Gasteiger partial charge in [-0.05, 0) is 59.7 Å². The molecule has 3 aromatic carbocycles. The smallest absolute Gasteiger partial charge is 0.278 e. The summed E-state index contributed by atoms with van der Waals surface area (Å²) < 4.78 is 13.3. The van der Waals surface area contributed by atoms with E-state index < -0.39 is 11.8 Å². The number of imide groups is 1. The zero-order valence-electron chi connectivity index (χ0n) is 17.6. The van der Waals surface area contributed by atoms with Gasteiger partial charge in [0.1, 0.15) is 11.5 Å². The molecule has 5 nitrogen and oxygen atoms in total. The van der Waals surface area contributed by atoms with Crippen LogP contribution < -0.4 is 10.2 Å². The van der Waals surface area contributed by atoms with Gasteiger partial charge in [-0.3, -0.25) is 14.5 Å². The van der Waals surface area contributed by atoms with E-state index in [0.717, 1.165) is 10.6 Å². The van der Waals surface area contributed by atoms with Gasteiger partial charge in [-0.1, -0.05) is 35.9 Å². The van der Waals surface area contributed by atoms with Gasteiger partial charge in [0.25, 0.3) is 11.8 Å². The highest BCUT2D eigenvalue weighted by molar-refractivity contribution is 6.36. The van der Waals surface area contributed by atoms with Crippen LogP contribution in [0.15, 0.2) is 78.5 Å². The number of halogens is 2. The zero-order chi connectivity index (χ0) is 22.8. The second-order valence-corrected chi connectivity index (χ2v) is 8.08. The third-order valence-corrected chi connectivity index (χ3v) is 5.46. The molecule has 4 rings (SSSR count). The minimum absolute atomic E-state index is 0.0415. The van der Waals surface area contributed by atoms with Crippen LogP contribution in [-0.4, -0.2) is 30.8 Å². The van der Waals surface area contributed by atoms with Gasteiger partial charge in [0.05, 0.1) is 12.1 Å². The highest BCUT2D eigenvalue weighted by Gasteiger charge is 2.39. The molecule has 0 bridgehead atoms. The van der Waals surface area contributed by atoms with Crippen LogP contribution in [-0.2, 0) is 16.1 Å². The maximum atomic E-state index is 13.3. The van der Waals surface area contributed by atoms with Crippen molar-refractivity contribution in [2.75, 3.05) is 24.3 Å². The summed E-state index contributed by atoms with van der Waals surface area (Å²) in [6, 6.07) is 20.0. The van der Waals surface area contributed by atoms with Gasteiger partial charge in [0.15, 0.2) is 0 Å². The number of carbonyl (C=O) groups excluding carboxylic acids is 2. The standard InChI is InChI=1S/C25H21ClFN3O2/c1-29(2)21-13-11-20(12-14-21)28-23-22(17-5-7-18(26)8-6-17)24(31)30(25(23)32)15-16-3-9-19(27)10-4-16/h3-14,28H,15H2,1-2H3. The lowest BCUT2D eigenvalue weighted by Gasteiger charge is -2.16. The normalized spacial score (nSPS) is 13.7. The summed E-state index contributed by atoms with van der Waals surface area (Å²) >= 11 is 6.01. The molecule has 2 amide bonds. The number of hydrogen-bond acceptors (Lipinski definition) is 4. The maximum Gasteiger partial charge on any atom is 0.278 e. The number of anilines is 2. The predicted molar refractivity (Wildman–Crippen MR) is 125 cm³/mol. The molecular formula is C25H21ClFN3O2. The van der Waals surface area contributed by atoms with E-state index in [9.17, 15) is 14.0 Å². The van der Waals surface area contributed by atoms with Crippen molar-refractivity contribution in [3.05, 3.63) is 100 Å². The Bertz CT molecular complexity index is 1190. The van der Waals surface area contributed by atoms with E-state index in [1.165, 1.54) is 12.1 Å². The molecule has 32 heavy (non-hydrogen) atoms. The van der Waals surface area contributed by atoms with Crippen LogP contribution in [0.5, 0.6) is 0 Å². The van der Waals surface area contributed by atoms with Crippen molar-refractivity contribution in [1.29, 1.82) is 0 Å². The maximum absolute atomic E-state index is 13.3. The summed E-state index contributed by atoms with van der Waals surface area (Å²) in [7, 11) is 3.88. The molecule has 0 atom stereocenters. The third-order valence-electron chi connectivity index (χ3n) is 5.21. The van der Waals surface area contributed by atoms with Gasteiger partial charge in [-0.2, -0.15) is 0 Å². The topological polar surface area (TPSA) is 52.7 Å². The Morgan fingerprint density at radius 3 is 2.09 bits per heavy atom. The van der Waals surface area contributed by atoms with E-state index in [1.54, 1.807) is 36.4 Å². The fourth-order valence-electron chi connectivity index (χ4n) is 3.48. The lowest BCUT2D eigenvalue weighted by atomic mass is 10.0. The molecule has 0 saturated carbocycles. The van der Waals surface area contributed by atoms with Gasteiger partial charge < -0.3 is 10.2 Å². The first-order chi connectivity index (χ1) is 15.3. The molecule has 0 fully saturated rings. The van der Waals surface area contributed by atoms with Crippen LogP contribution in [0.4, 0.5) is 15.8 Å². The van der Waals surface area contributed by atoms with Crippen LogP contribution in [0.3, 0.4) is 0 Å². The van der Waals surface area contributed by atoms with Crippen LogP contribution in [0.25, 0.3) is 5.57 Å². The number of nitrogens with zero attached hydrogens (tertiary/aromatic N) is 2. The average molecular weight is 450 g/mol. The van der Waals surface area contributed by atoms with Gasteiger partial charge in [-0.15, -0.1) is 0 Å². The Morgan fingerprint density at radius 1 is 0.875 bits per heavy atom. The minimum Gasteiger partial charge on any atom is -0.378 e. The van der Waals surface area contributed by atoms with E-state index in [-0.39, 0.29) is 23.6 Å². The molecule has 7 heteroatoms.